The van der Waals surface area contributed by atoms with Crippen molar-refractivity contribution >= 4 is 23.2 Å². The van der Waals surface area contributed by atoms with Gasteiger partial charge >= 0.3 is 0 Å². The van der Waals surface area contributed by atoms with Crippen molar-refractivity contribution in [3.05, 3.63) is 29.3 Å². The van der Waals surface area contributed by atoms with Gasteiger partial charge in [-0.3, -0.25) is 4.79 Å². The van der Waals surface area contributed by atoms with Crippen LogP contribution in [0, 0.1) is 11.8 Å². The van der Waals surface area contributed by atoms with Gasteiger partial charge in [0.1, 0.15) is 6.10 Å². The summed E-state index contributed by atoms with van der Waals surface area (Å²) in [4.78, 5) is 14.4. The highest BCUT2D eigenvalue weighted by Gasteiger charge is 2.26. The lowest BCUT2D eigenvalue weighted by Crippen LogP contribution is -2.38. The minimum absolute atomic E-state index is 0.00981. The van der Waals surface area contributed by atoms with Gasteiger partial charge in [0.15, 0.2) is 0 Å². The summed E-state index contributed by atoms with van der Waals surface area (Å²) in [5.41, 5.74) is 1.20. The Labute approximate surface area is 143 Å². The zero-order valence-electron chi connectivity index (χ0n) is 13.6. The fourth-order valence-electron chi connectivity index (χ4n) is 2.91. The Kier molecular flexibility index (Phi) is 5.44. The van der Waals surface area contributed by atoms with E-state index in [0.717, 1.165) is 37.7 Å². The first kappa shape index (κ1) is 16.6. The molecule has 126 valence electrons. The lowest BCUT2D eigenvalue weighted by molar-refractivity contribution is -0.132. The number of hydrogen-bond donors (Lipinski definition) is 1. The van der Waals surface area contributed by atoms with E-state index in [-0.39, 0.29) is 12.0 Å². The molecular weight excluding hydrogens is 312 g/mol. The third-order valence-corrected chi connectivity index (χ3v) is 4.94. The zero-order chi connectivity index (χ0) is 16.2. The molecule has 4 nitrogen and oxygen atoms in total. The van der Waals surface area contributed by atoms with Crippen LogP contribution in [-0.4, -0.2) is 38.3 Å². The average molecular weight is 337 g/mol. The molecule has 0 unspecified atom stereocenters. The quantitative estimate of drug-likeness (QED) is 0.832. The van der Waals surface area contributed by atoms with Crippen molar-refractivity contribution in [3.8, 4) is 0 Å². The second kappa shape index (κ2) is 7.54. The summed E-state index contributed by atoms with van der Waals surface area (Å²) in [6.07, 6.45) is 3.25. The van der Waals surface area contributed by atoms with Crippen LogP contribution < -0.4 is 10.2 Å². The molecule has 1 heterocycles. The first-order valence-corrected chi connectivity index (χ1v) is 8.89. The highest BCUT2D eigenvalue weighted by Crippen LogP contribution is 2.29. The van der Waals surface area contributed by atoms with E-state index in [4.69, 9.17) is 16.3 Å². The maximum absolute atomic E-state index is 12.1. The van der Waals surface area contributed by atoms with Crippen LogP contribution in [0.15, 0.2) is 24.3 Å². The lowest BCUT2D eigenvalue weighted by atomic mass is 10.1. The van der Waals surface area contributed by atoms with Crippen LogP contribution in [0.25, 0.3) is 0 Å². The van der Waals surface area contributed by atoms with Crippen LogP contribution in [0.4, 0.5) is 5.69 Å². The van der Waals surface area contributed by atoms with Crippen LogP contribution in [-0.2, 0) is 9.53 Å². The van der Waals surface area contributed by atoms with Gasteiger partial charge < -0.3 is 15.0 Å². The van der Waals surface area contributed by atoms with E-state index < -0.39 is 0 Å². The summed E-state index contributed by atoms with van der Waals surface area (Å²) >= 11 is 5.93. The van der Waals surface area contributed by atoms with Gasteiger partial charge in [0.2, 0.25) is 5.91 Å². The second-order valence-electron chi connectivity index (χ2n) is 6.74. The molecule has 0 bridgehead atoms. The van der Waals surface area contributed by atoms with Crippen molar-refractivity contribution in [2.75, 3.05) is 31.1 Å². The molecule has 1 amide bonds. The monoisotopic (exact) mass is 336 g/mol. The maximum Gasteiger partial charge on any atom is 0.248 e. The minimum Gasteiger partial charge on any atom is -0.371 e. The number of nitrogens with one attached hydrogen (secondary N) is 1. The van der Waals surface area contributed by atoms with Gasteiger partial charge in [-0.1, -0.05) is 11.6 Å². The molecule has 0 spiro atoms. The first-order chi connectivity index (χ1) is 11.1. The number of halogens is 1. The van der Waals surface area contributed by atoms with Crippen LogP contribution in [0.1, 0.15) is 26.2 Å². The highest BCUT2D eigenvalue weighted by molar-refractivity contribution is 6.30. The number of carbonyl (C=O) groups is 1. The van der Waals surface area contributed by atoms with Crippen molar-refractivity contribution in [1.29, 1.82) is 0 Å². The van der Waals surface area contributed by atoms with Gasteiger partial charge in [0.05, 0.1) is 6.61 Å². The largest absolute Gasteiger partial charge is 0.371 e. The Morgan fingerprint density at radius 1 is 1.30 bits per heavy atom. The van der Waals surface area contributed by atoms with Gasteiger partial charge in [-0.15, -0.1) is 0 Å². The first-order valence-electron chi connectivity index (χ1n) is 8.51. The SMILES string of the molecule is C[C@H](OCC1CC1)C(=O)NC[C@H]1CCN(c2ccc(Cl)cc2)C1. The number of carbonyl (C=O) groups excluding carboxylic acids is 1. The number of ether oxygens (including phenoxy) is 1. The molecule has 1 aliphatic heterocycles. The van der Waals surface area contributed by atoms with E-state index in [9.17, 15) is 4.79 Å². The standard InChI is InChI=1S/C18H25ClN2O2/c1-13(23-12-14-2-3-14)18(22)20-10-15-8-9-21(11-15)17-6-4-16(19)5-7-17/h4-7,13-15H,2-3,8-12H2,1H3,(H,20,22)/t13-,15+/m0/s1. The molecular formula is C18H25ClN2O2. The average Bonchev–Trinajstić information content (AvgIpc) is 3.27. The van der Waals surface area contributed by atoms with Gasteiger partial charge in [0, 0.05) is 30.3 Å². The number of amides is 1. The van der Waals surface area contributed by atoms with Crippen LogP contribution >= 0.6 is 11.6 Å². The Hall–Kier alpha value is -1.26. The number of anilines is 1. The highest BCUT2D eigenvalue weighted by atomic mass is 35.5. The summed E-state index contributed by atoms with van der Waals surface area (Å²) in [7, 11) is 0. The molecule has 0 aromatic heterocycles. The molecule has 1 aliphatic carbocycles. The summed E-state index contributed by atoms with van der Waals surface area (Å²) in [5, 5.41) is 3.80. The van der Waals surface area contributed by atoms with E-state index in [1.54, 1.807) is 0 Å². The Bertz CT molecular complexity index is 530. The van der Waals surface area contributed by atoms with E-state index >= 15 is 0 Å². The fourth-order valence-corrected chi connectivity index (χ4v) is 3.04. The summed E-state index contributed by atoms with van der Waals surface area (Å²) in [6.45, 7) is 5.28. The number of hydrogen-bond acceptors (Lipinski definition) is 3. The zero-order valence-corrected chi connectivity index (χ0v) is 14.4. The van der Waals surface area contributed by atoms with E-state index in [2.05, 4.69) is 22.3 Å². The Morgan fingerprint density at radius 3 is 2.74 bits per heavy atom. The molecule has 5 heteroatoms. The molecule has 1 N–H and O–H groups in total. The van der Waals surface area contributed by atoms with E-state index in [1.165, 1.54) is 18.5 Å². The lowest BCUT2D eigenvalue weighted by Gasteiger charge is -2.19. The van der Waals surface area contributed by atoms with Crippen molar-refractivity contribution in [2.24, 2.45) is 11.8 Å². The van der Waals surface area contributed by atoms with Gasteiger partial charge in [-0.25, -0.2) is 0 Å². The Morgan fingerprint density at radius 2 is 2.04 bits per heavy atom. The van der Waals surface area contributed by atoms with Crippen molar-refractivity contribution < 1.29 is 9.53 Å². The fraction of sp³-hybridized carbons (Fsp3) is 0.611. The topological polar surface area (TPSA) is 41.6 Å². The third-order valence-electron chi connectivity index (χ3n) is 4.69. The van der Waals surface area contributed by atoms with Gasteiger partial charge in [-0.05, 0) is 62.3 Å². The Balaban J connectivity index is 1.39. The molecule has 23 heavy (non-hydrogen) atoms. The second-order valence-corrected chi connectivity index (χ2v) is 7.18. The van der Waals surface area contributed by atoms with Crippen LogP contribution in [0.5, 0.6) is 0 Å². The molecule has 3 rings (SSSR count). The molecule has 1 saturated carbocycles. The van der Waals surface area contributed by atoms with Gasteiger partial charge in [-0.2, -0.15) is 0 Å². The van der Waals surface area contributed by atoms with Crippen LogP contribution in [0.2, 0.25) is 5.02 Å². The molecule has 1 aromatic carbocycles. The number of rotatable bonds is 7. The summed E-state index contributed by atoms with van der Waals surface area (Å²) in [5.74, 6) is 1.19. The number of benzene rings is 1. The third kappa shape index (κ3) is 4.85. The summed E-state index contributed by atoms with van der Waals surface area (Å²) < 4.78 is 5.61. The van der Waals surface area contributed by atoms with E-state index in [0.29, 0.717) is 11.8 Å². The molecule has 2 atom stereocenters. The molecule has 1 saturated heterocycles. The van der Waals surface area contributed by atoms with Crippen LogP contribution in [0.3, 0.4) is 0 Å². The predicted octanol–water partition coefficient (Wildman–Crippen LogP) is 3.10. The van der Waals surface area contributed by atoms with Crippen molar-refractivity contribution in [1.82, 2.24) is 5.32 Å². The minimum atomic E-state index is -0.343. The predicted molar refractivity (Wildman–Crippen MR) is 92.9 cm³/mol. The molecule has 2 fully saturated rings. The summed E-state index contributed by atoms with van der Waals surface area (Å²) in [6, 6.07) is 7.95. The normalized spacial score (nSPS) is 22.2. The number of nitrogens with zero attached hydrogens (tertiary/aromatic N) is 1. The maximum atomic E-state index is 12.1. The van der Waals surface area contributed by atoms with Crippen molar-refractivity contribution in [2.45, 2.75) is 32.3 Å². The van der Waals surface area contributed by atoms with E-state index in [1.807, 2.05) is 19.1 Å². The van der Waals surface area contributed by atoms with Gasteiger partial charge in [0.25, 0.3) is 0 Å². The van der Waals surface area contributed by atoms with Crippen molar-refractivity contribution in [3.63, 3.8) is 0 Å². The molecule has 0 radical (unpaired) electrons. The molecule has 2 aliphatic rings. The smallest absolute Gasteiger partial charge is 0.248 e. The molecule has 1 aromatic rings.